The molecule has 0 bridgehead atoms. The van der Waals surface area contributed by atoms with Crippen molar-refractivity contribution in [3.63, 3.8) is 0 Å². The predicted octanol–water partition coefficient (Wildman–Crippen LogP) is 2.03. The summed E-state index contributed by atoms with van der Waals surface area (Å²) in [6.45, 7) is 0.752. The molecular formula is C17H22N4O3. The zero-order chi connectivity index (χ0) is 17.4. The molecule has 128 valence electrons. The van der Waals surface area contributed by atoms with Gasteiger partial charge in [0.2, 0.25) is 0 Å². The van der Waals surface area contributed by atoms with Gasteiger partial charge in [0.25, 0.3) is 0 Å². The molecule has 0 unspecified atom stereocenters. The molecule has 7 nitrogen and oxygen atoms in total. The smallest absolute Gasteiger partial charge is 0.323 e. The van der Waals surface area contributed by atoms with Crippen LogP contribution in [0.3, 0.4) is 0 Å². The van der Waals surface area contributed by atoms with Gasteiger partial charge in [0.15, 0.2) is 0 Å². The zero-order valence-electron chi connectivity index (χ0n) is 13.8. The Labute approximate surface area is 141 Å². The minimum absolute atomic E-state index is 0.216. The van der Waals surface area contributed by atoms with Crippen molar-refractivity contribution in [2.75, 3.05) is 37.9 Å². The van der Waals surface area contributed by atoms with E-state index >= 15 is 0 Å². The molecule has 3 N–H and O–H groups in total. The van der Waals surface area contributed by atoms with Crippen LogP contribution in [0.1, 0.15) is 0 Å². The van der Waals surface area contributed by atoms with Crippen molar-refractivity contribution >= 4 is 17.4 Å². The van der Waals surface area contributed by atoms with E-state index in [1.807, 2.05) is 19.0 Å². The topological polar surface area (TPSA) is 86.7 Å². The molecule has 2 aromatic rings. The van der Waals surface area contributed by atoms with Gasteiger partial charge in [0.1, 0.15) is 18.5 Å². The number of amides is 2. The summed E-state index contributed by atoms with van der Waals surface area (Å²) in [5, 5.41) is 15.2. The number of ether oxygens (including phenoxy) is 1. The molecule has 0 saturated carbocycles. The van der Waals surface area contributed by atoms with Gasteiger partial charge in [-0.3, -0.25) is 4.98 Å². The van der Waals surface area contributed by atoms with Crippen molar-refractivity contribution in [2.45, 2.75) is 6.10 Å². The Hall–Kier alpha value is -2.64. The highest BCUT2D eigenvalue weighted by atomic mass is 16.5. The molecule has 24 heavy (non-hydrogen) atoms. The van der Waals surface area contributed by atoms with Crippen molar-refractivity contribution in [2.24, 2.45) is 0 Å². The van der Waals surface area contributed by atoms with Crippen LogP contribution in [0.15, 0.2) is 48.8 Å². The van der Waals surface area contributed by atoms with Crippen LogP contribution in [-0.4, -0.2) is 54.4 Å². The average Bonchev–Trinajstić information content (AvgIpc) is 2.54. The number of carbonyl (C=O) groups excluding carboxylic acids is 1. The number of aliphatic hydroxyl groups excluding tert-OH is 1. The molecular weight excluding hydrogens is 308 g/mol. The summed E-state index contributed by atoms with van der Waals surface area (Å²) in [6, 6.07) is 10.0. The van der Waals surface area contributed by atoms with Gasteiger partial charge >= 0.3 is 6.03 Å². The standard InChI is InChI=1S/C17H22N4O3/c1-21(2)11-15(22)12-24-16-5-3-13(4-6-16)19-17(23)20-14-7-9-18-10-8-14/h3-10,15,22H,11-12H2,1-2H3,(H2,18,19,20,23)/t15-/m1/s1. The number of anilines is 2. The van der Waals surface area contributed by atoms with Crippen LogP contribution in [0, 0.1) is 0 Å². The number of likely N-dealkylation sites (N-methyl/N-ethyl adjacent to an activating group) is 1. The summed E-state index contributed by atoms with van der Waals surface area (Å²) >= 11 is 0. The van der Waals surface area contributed by atoms with Gasteiger partial charge in [0.05, 0.1) is 0 Å². The van der Waals surface area contributed by atoms with Crippen LogP contribution in [0.5, 0.6) is 5.75 Å². The summed E-state index contributed by atoms with van der Waals surface area (Å²) in [6.07, 6.45) is 2.66. The first-order chi connectivity index (χ1) is 11.5. The molecule has 1 aromatic carbocycles. The molecule has 1 aromatic heterocycles. The Morgan fingerprint density at radius 2 is 1.71 bits per heavy atom. The van der Waals surface area contributed by atoms with E-state index in [4.69, 9.17) is 4.74 Å². The van der Waals surface area contributed by atoms with E-state index in [1.165, 1.54) is 0 Å². The van der Waals surface area contributed by atoms with Crippen LogP contribution >= 0.6 is 0 Å². The number of nitrogens with zero attached hydrogens (tertiary/aromatic N) is 2. The zero-order valence-corrected chi connectivity index (χ0v) is 13.8. The van der Waals surface area contributed by atoms with Crippen molar-refractivity contribution in [1.82, 2.24) is 9.88 Å². The lowest BCUT2D eigenvalue weighted by molar-refractivity contribution is 0.0831. The second-order valence-corrected chi connectivity index (χ2v) is 5.57. The lowest BCUT2D eigenvalue weighted by atomic mass is 10.3. The maximum atomic E-state index is 11.9. The Bertz CT molecular complexity index is 632. The molecule has 0 saturated heterocycles. The largest absolute Gasteiger partial charge is 0.491 e. The van der Waals surface area contributed by atoms with E-state index in [1.54, 1.807) is 48.8 Å². The number of hydrogen-bond acceptors (Lipinski definition) is 5. The fourth-order valence-corrected chi connectivity index (χ4v) is 2.03. The molecule has 0 fully saturated rings. The number of urea groups is 1. The fourth-order valence-electron chi connectivity index (χ4n) is 2.03. The number of nitrogens with one attached hydrogen (secondary N) is 2. The number of rotatable bonds is 7. The third kappa shape index (κ3) is 6.23. The Balaban J connectivity index is 1.80. The number of carbonyl (C=O) groups is 1. The number of aromatic nitrogens is 1. The first kappa shape index (κ1) is 17.7. The normalized spacial score (nSPS) is 11.8. The van der Waals surface area contributed by atoms with E-state index in [0.29, 0.717) is 23.7 Å². The molecule has 0 spiro atoms. The summed E-state index contributed by atoms with van der Waals surface area (Å²) in [5.41, 5.74) is 1.31. The second-order valence-electron chi connectivity index (χ2n) is 5.57. The van der Waals surface area contributed by atoms with Gasteiger partial charge < -0.3 is 25.4 Å². The lowest BCUT2D eigenvalue weighted by Crippen LogP contribution is -2.30. The van der Waals surface area contributed by atoms with Gasteiger partial charge in [-0.2, -0.15) is 0 Å². The number of benzene rings is 1. The van der Waals surface area contributed by atoms with Crippen molar-refractivity contribution in [3.05, 3.63) is 48.8 Å². The van der Waals surface area contributed by atoms with E-state index in [0.717, 1.165) is 0 Å². The van der Waals surface area contributed by atoms with Gasteiger partial charge in [0, 0.05) is 30.3 Å². The number of hydrogen-bond donors (Lipinski definition) is 3. The van der Waals surface area contributed by atoms with Crippen LogP contribution in [0.4, 0.5) is 16.2 Å². The number of pyridine rings is 1. The second kappa shape index (κ2) is 8.85. The molecule has 1 heterocycles. The molecule has 0 radical (unpaired) electrons. The monoisotopic (exact) mass is 330 g/mol. The maximum absolute atomic E-state index is 11.9. The molecule has 2 amide bonds. The highest BCUT2D eigenvalue weighted by molar-refractivity contribution is 5.99. The first-order valence-electron chi connectivity index (χ1n) is 7.56. The van der Waals surface area contributed by atoms with Gasteiger partial charge in [-0.05, 0) is 50.5 Å². The quantitative estimate of drug-likeness (QED) is 0.723. The van der Waals surface area contributed by atoms with E-state index in [9.17, 15) is 9.90 Å². The summed E-state index contributed by atoms with van der Waals surface area (Å²) in [7, 11) is 3.78. The predicted molar refractivity (Wildman–Crippen MR) is 93.4 cm³/mol. The highest BCUT2D eigenvalue weighted by Crippen LogP contribution is 2.16. The molecule has 7 heteroatoms. The summed E-state index contributed by atoms with van der Waals surface area (Å²) in [5.74, 6) is 0.632. The lowest BCUT2D eigenvalue weighted by Gasteiger charge is -2.16. The molecule has 2 rings (SSSR count). The van der Waals surface area contributed by atoms with Crippen molar-refractivity contribution in [1.29, 1.82) is 0 Å². The van der Waals surface area contributed by atoms with Gasteiger partial charge in [-0.25, -0.2) is 4.79 Å². The Morgan fingerprint density at radius 3 is 2.29 bits per heavy atom. The first-order valence-corrected chi connectivity index (χ1v) is 7.56. The SMILES string of the molecule is CN(C)C[C@@H](O)COc1ccc(NC(=O)Nc2ccncc2)cc1. The van der Waals surface area contributed by atoms with Crippen LogP contribution in [0.25, 0.3) is 0 Å². The van der Waals surface area contributed by atoms with E-state index in [2.05, 4.69) is 15.6 Å². The van der Waals surface area contributed by atoms with Crippen LogP contribution in [-0.2, 0) is 0 Å². The maximum Gasteiger partial charge on any atom is 0.323 e. The number of aliphatic hydroxyl groups is 1. The van der Waals surface area contributed by atoms with Crippen LogP contribution < -0.4 is 15.4 Å². The summed E-state index contributed by atoms with van der Waals surface area (Å²) in [4.78, 5) is 17.6. The van der Waals surface area contributed by atoms with Gasteiger partial charge in [-0.1, -0.05) is 0 Å². The molecule has 1 atom stereocenters. The van der Waals surface area contributed by atoms with Crippen LogP contribution in [0.2, 0.25) is 0 Å². The van der Waals surface area contributed by atoms with Gasteiger partial charge in [-0.15, -0.1) is 0 Å². The minimum Gasteiger partial charge on any atom is -0.491 e. The fraction of sp³-hybridized carbons (Fsp3) is 0.294. The minimum atomic E-state index is -0.552. The third-order valence-electron chi connectivity index (χ3n) is 3.07. The molecule has 0 aliphatic heterocycles. The van der Waals surface area contributed by atoms with E-state index in [-0.39, 0.29) is 12.6 Å². The van der Waals surface area contributed by atoms with Crippen molar-refractivity contribution in [3.8, 4) is 5.75 Å². The third-order valence-corrected chi connectivity index (χ3v) is 3.07. The summed E-state index contributed by atoms with van der Waals surface area (Å²) < 4.78 is 5.51. The Morgan fingerprint density at radius 1 is 1.12 bits per heavy atom. The van der Waals surface area contributed by atoms with Crippen molar-refractivity contribution < 1.29 is 14.6 Å². The van der Waals surface area contributed by atoms with E-state index < -0.39 is 6.10 Å². The average molecular weight is 330 g/mol. The Kier molecular flexibility index (Phi) is 6.53. The molecule has 0 aliphatic rings. The molecule has 0 aliphatic carbocycles. The highest BCUT2D eigenvalue weighted by Gasteiger charge is 2.07.